The highest BCUT2D eigenvalue weighted by molar-refractivity contribution is 14.0. The van der Waals surface area contributed by atoms with Crippen molar-refractivity contribution in [3.05, 3.63) is 89.9 Å². The highest BCUT2D eigenvalue weighted by Gasteiger charge is 2.08. The number of aliphatic imine (C=N–C) groups is 1. The summed E-state index contributed by atoms with van der Waals surface area (Å²) < 4.78 is 13.4. The van der Waals surface area contributed by atoms with Gasteiger partial charge in [-0.2, -0.15) is 0 Å². The standard InChI is InChI=1S/C25H28N6O2.HI/c1-3-26-25(28-17-24-30-29-23-11-7-8-14-31(23)24)27-16-20-12-13-21(22(15-20)32-2)33-18-19-9-5-4-6-10-19;/h4-15H,3,16-18H2,1-2H3,(H2,26,27,28);1H. The lowest BCUT2D eigenvalue weighted by molar-refractivity contribution is 0.284. The molecule has 0 aliphatic rings. The molecule has 2 aromatic carbocycles. The molecule has 0 saturated heterocycles. The zero-order chi connectivity index (χ0) is 22.9. The van der Waals surface area contributed by atoms with Crippen molar-refractivity contribution >= 4 is 35.6 Å². The molecule has 8 nitrogen and oxygen atoms in total. The molecule has 0 atom stereocenters. The Hall–Kier alpha value is -3.34. The van der Waals surface area contributed by atoms with E-state index in [0.717, 1.165) is 29.1 Å². The molecule has 2 aromatic heterocycles. The lowest BCUT2D eigenvalue weighted by atomic mass is 10.2. The van der Waals surface area contributed by atoms with Crippen LogP contribution in [0.15, 0.2) is 77.9 Å². The van der Waals surface area contributed by atoms with E-state index in [9.17, 15) is 0 Å². The van der Waals surface area contributed by atoms with Crippen molar-refractivity contribution in [1.82, 2.24) is 25.2 Å². The first-order valence-corrected chi connectivity index (χ1v) is 10.9. The number of nitrogens with one attached hydrogen (secondary N) is 2. The molecule has 0 fully saturated rings. The van der Waals surface area contributed by atoms with Gasteiger partial charge >= 0.3 is 0 Å². The number of nitrogens with zero attached hydrogens (tertiary/aromatic N) is 4. The molecule has 0 spiro atoms. The maximum atomic E-state index is 5.95. The summed E-state index contributed by atoms with van der Waals surface area (Å²) in [5.74, 6) is 2.91. The van der Waals surface area contributed by atoms with Crippen LogP contribution in [0.5, 0.6) is 11.5 Å². The zero-order valence-corrected chi connectivity index (χ0v) is 21.6. The average Bonchev–Trinajstić information content (AvgIpc) is 3.28. The van der Waals surface area contributed by atoms with E-state index in [4.69, 9.17) is 14.5 Å². The SMILES string of the molecule is CCNC(=NCc1ccc(OCc2ccccc2)c(OC)c1)NCc1nnc2ccccn12.I. The first kappa shape index (κ1) is 25.3. The van der Waals surface area contributed by atoms with Crippen molar-refractivity contribution in [2.24, 2.45) is 4.99 Å². The van der Waals surface area contributed by atoms with Gasteiger partial charge in [0.25, 0.3) is 0 Å². The van der Waals surface area contributed by atoms with Crippen LogP contribution in [0.1, 0.15) is 23.9 Å². The highest BCUT2D eigenvalue weighted by Crippen LogP contribution is 2.29. The van der Waals surface area contributed by atoms with Crippen LogP contribution in [0.25, 0.3) is 5.65 Å². The molecule has 0 aliphatic carbocycles. The largest absolute Gasteiger partial charge is 0.493 e. The van der Waals surface area contributed by atoms with Crippen LogP contribution < -0.4 is 20.1 Å². The van der Waals surface area contributed by atoms with E-state index in [1.54, 1.807) is 7.11 Å². The molecule has 4 aromatic rings. The molecular formula is C25H29IN6O2. The Kier molecular flexibility index (Phi) is 9.51. The molecule has 2 heterocycles. The van der Waals surface area contributed by atoms with Crippen molar-refractivity contribution in [2.75, 3.05) is 13.7 Å². The lowest BCUT2D eigenvalue weighted by Gasteiger charge is -2.13. The Morgan fingerprint density at radius 1 is 0.941 bits per heavy atom. The minimum atomic E-state index is 0. The van der Waals surface area contributed by atoms with Gasteiger partial charge in [0.2, 0.25) is 0 Å². The van der Waals surface area contributed by atoms with Gasteiger partial charge in [-0.1, -0.05) is 42.5 Å². The molecule has 4 rings (SSSR count). The fraction of sp³-hybridized carbons (Fsp3) is 0.240. The van der Waals surface area contributed by atoms with Crippen LogP contribution in [0.4, 0.5) is 0 Å². The van der Waals surface area contributed by atoms with Gasteiger partial charge in [0.05, 0.1) is 20.2 Å². The molecule has 34 heavy (non-hydrogen) atoms. The molecule has 0 amide bonds. The van der Waals surface area contributed by atoms with E-state index in [-0.39, 0.29) is 24.0 Å². The summed E-state index contributed by atoms with van der Waals surface area (Å²) in [5.41, 5.74) is 2.94. The summed E-state index contributed by atoms with van der Waals surface area (Å²) in [5, 5.41) is 15.0. The first-order valence-electron chi connectivity index (χ1n) is 10.9. The predicted molar refractivity (Wildman–Crippen MR) is 144 cm³/mol. The Balaban J connectivity index is 0.00000324. The summed E-state index contributed by atoms with van der Waals surface area (Å²) in [6.07, 6.45) is 1.95. The third-order valence-corrected chi connectivity index (χ3v) is 5.03. The molecule has 2 N–H and O–H groups in total. The second kappa shape index (κ2) is 12.8. The van der Waals surface area contributed by atoms with Gasteiger partial charge in [0, 0.05) is 12.7 Å². The van der Waals surface area contributed by atoms with E-state index >= 15 is 0 Å². The number of pyridine rings is 1. The normalized spacial score (nSPS) is 11.1. The van der Waals surface area contributed by atoms with Crippen molar-refractivity contribution in [1.29, 1.82) is 0 Å². The highest BCUT2D eigenvalue weighted by atomic mass is 127. The molecule has 0 bridgehead atoms. The van der Waals surface area contributed by atoms with Crippen LogP contribution in [0, 0.1) is 0 Å². The smallest absolute Gasteiger partial charge is 0.191 e. The monoisotopic (exact) mass is 572 g/mol. The molecule has 178 valence electrons. The molecule has 0 radical (unpaired) electrons. The van der Waals surface area contributed by atoms with E-state index < -0.39 is 0 Å². The van der Waals surface area contributed by atoms with Crippen molar-refractivity contribution < 1.29 is 9.47 Å². The van der Waals surface area contributed by atoms with Gasteiger partial charge < -0.3 is 20.1 Å². The number of hydrogen-bond donors (Lipinski definition) is 2. The summed E-state index contributed by atoms with van der Waals surface area (Å²) >= 11 is 0. The summed E-state index contributed by atoms with van der Waals surface area (Å²) in [6.45, 7) is 4.27. The van der Waals surface area contributed by atoms with Gasteiger partial charge in [-0.15, -0.1) is 34.2 Å². The quantitative estimate of drug-likeness (QED) is 0.178. The second-order valence-corrected chi connectivity index (χ2v) is 7.35. The average molecular weight is 572 g/mol. The molecular weight excluding hydrogens is 543 g/mol. The maximum absolute atomic E-state index is 5.95. The van der Waals surface area contributed by atoms with Crippen LogP contribution in [0.2, 0.25) is 0 Å². The maximum Gasteiger partial charge on any atom is 0.191 e. The number of fused-ring (bicyclic) bond motifs is 1. The van der Waals surface area contributed by atoms with Crippen molar-refractivity contribution in [2.45, 2.75) is 26.6 Å². The molecule has 0 unspecified atom stereocenters. The fourth-order valence-electron chi connectivity index (χ4n) is 3.35. The number of aromatic nitrogens is 3. The van der Waals surface area contributed by atoms with E-state index in [1.807, 2.05) is 84.3 Å². The Morgan fingerprint density at radius 2 is 1.76 bits per heavy atom. The number of guanidine groups is 1. The van der Waals surface area contributed by atoms with Gasteiger partial charge in [0.15, 0.2) is 28.9 Å². The van der Waals surface area contributed by atoms with E-state index in [1.165, 1.54) is 0 Å². The Bertz CT molecular complexity index is 1210. The number of halogens is 1. The van der Waals surface area contributed by atoms with Crippen LogP contribution >= 0.6 is 24.0 Å². The van der Waals surface area contributed by atoms with Crippen molar-refractivity contribution in [3.8, 4) is 11.5 Å². The Labute approximate surface area is 216 Å². The fourth-order valence-corrected chi connectivity index (χ4v) is 3.35. The van der Waals surface area contributed by atoms with E-state index in [2.05, 4.69) is 20.8 Å². The predicted octanol–water partition coefficient (Wildman–Crippen LogP) is 4.19. The number of benzene rings is 2. The number of hydrogen-bond acceptors (Lipinski definition) is 5. The minimum absolute atomic E-state index is 0. The number of rotatable bonds is 9. The van der Waals surface area contributed by atoms with Gasteiger partial charge in [-0.25, -0.2) is 4.99 Å². The van der Waals surface area contributed by atoms with E-state index in [0.29, 0.717) is 37.2 Å². The minimum Gasteiger partial charge on any atom is -0.493 e. The third kappa shape index (κ3) is 6.60. The van der Waals surface area contributed by atoms with Crippen molar-refractivity contribution in [3.63, 3.8) is 0 Å². The molecule has 0 aliphatic heterocycles. The topological polar surface area (TPSA) is 85.1 Å². The zero-order valence-electron chi connectivity index (χ0n) is 19.3. The van der Waals surface area contributed by atoms with Crippen LogP contribution in [-0.4, -0.2) is 34.2 Å². The molecule has 0 saturated carbocycles. The van der Waals surface area contributed by atoms with Gasteiger partial charge in [0.1, 0.15) is 6.61 Å². The van der Waals surface area contributed by atoms with Gasteiger partial charge in [-0.05, 0) is 42.3 Å². The van der Waals surface area contributed by atoms with Gasteiger partial charge in [-0.3, -0.25) is 4.40 Å². The molecule has 9 heteroatoms. The number of ether oxygens (including phenoxy) is 2. The summed E-state index contributed by atoms with van der Waals surface area (Å²) in [7, 11) is 1.65. The first-order chi connectivity index (χ1) is 16.3. The summed E-state index contributed by atoms with van der Waals surface area (Å²) in [6, 6.07) is 21.8. The Morgan fingerprint density at radius 3 is 2.56 bits per heavy atom. The van der Waals surface area contributed by atoms with Crippen LogP contribution in [-0.2, 0) is 19.7 Å². The van der Waals surface area contributed by atoms with Crippen LogP contribution in [0.3, 0.4) is 0 Å². The summed E-state index contributed by atoms with van der Waals surface area (Å²) in [4.78, 5) is 4.70. The third-order valence-electron chi connectivity index (χ3n) is 5.03. The number of methoxy groups -OCH3 is 1. The lowest BCUT2D eigenvalue weighted by Crippen LogP contribution is -2.37. The second-order valence-electron chi connectivity index (χ2n) is 7.35.